The van der Waals surface area contributed by atoms with Gasteiger partial charge in [-0.1, -0.05) is 30.3 Å². The maximum Gasteiger partial charge on any atom is 0.415 e. The third kappa shape index (κ3) is 6.72. The fourth-order valence-electron chi connectivity index (χ4n) is 3.73. The molecule has 2 amide bonds. The largest absolute Gasteiger partial charge is 0.458 e. The number of carbonyl (C=O) groups excluding carboxylic acids is 3. The van der Waals surface area contributed by atoms with Crippen molar-refractivity contribution in [3.8, 4) is 0 Å². The Bertz CT molecular complexity index is 1010. The summed E-state index contributed by atoms with van der Waals surface area (Å²) in [5, 5.41) is 10.6. The molecule has 34 heavy (non-hydrogen) atoms. The molecule has 0 spiro atoms. The number of cyclic esters (lactones) is 1. The highest BCUT2D eigenvalue weighted by molar-refractivity contribution is 7.98. The molecule has 1 heterocycles. The van der Waals surface area contributed by atoms with Crippen LogP contribution >= 0.6 is 11.8 Å². The Hall–Kier alpha value is -3.07. The minimum absolute atomic E-state index is 0.0297. The molecule has 2 atom stereocenters. The second-order valence-corrected chi connectivity index (χ2v) is 10.1. The van der Waals surface area contributed by atoms with Crippen LogP contribution in [0.3, 0.4) is 0 Å². The summed E-state index contributed by atoms with van der Waals surface area (Å²) in [6.07, 6.45) is 4.34. The highest BCUT2D eigenvalue weighted by Gasteiger charge is 2.40. The van der Waals surface area contributed by atoms with Gasteiger partial charge in [-0.3, -0.25) is 9.69 Å². The molecule has 1 aliphatic carbocycles. The minimum Gasteiger partial charge on any atom is -0.458 e. The third-order valence-corrected chi connectivity index (χ3v) is 5.85. The minimum atomic E-state index is -1.06. The maximum absolute atomic E-state index is 13.1. The van der Waals surface area contributed by atoms with Crippen molar-refractivity contribution < 1.29 is 23.9 Å². The van der Waals surface area contributed by atoms with Crippen LogP contribution in [0.25, 0.3) is 0 Å². The Morgan fingerprint density at radius 3 is 2.62 bits per heavy atom. The first kappa shape index (κ1) is 25.6. The van der Waals surface area contributed by atoms with E-state index in [1.165, 1.54) is 4.90 Å². The summed E-state index contributed by atoms with van der Waals surface area (Å²) in [6, 6.07) is 8.40. The van der Waals surface area contributed by atoms with E-state index in [1.54, 1.807) is 44.7 Å². The molecule has 8 nitrogen and oxygen atoms in total. The van der Waals surface area contributed by atoms with Gasteiger partial charge < -0.3 is 20.2 Å². The topological polar surface area (TPSA) is 109 Å². The molecule has 0 bridgehead atoms. The predicted octanol–water partition coefficient (Wildman–Crippen LogP) is 3.47. The standard InChI is InChI=1S/C25H31N3O5S/c1-25(2,3)33-23(30)19(12-16-8-6-5-7-9-16)27-22(29)21-14-28(24(31)32-21)20-11-10-18(26)13-17(20)15-34-4/h5-11,19,21,26H,12-15H2,1-4H3,(H,27,29)/t19-,21?/m1/s1. The van der Waals surface area contributed by atoms with Gasteiger partial charge >= 0.3 is 12.1 Å². The van der Waals surface area contributed by atoms with Gasteiger partial charge in [-0.2, -0.15) is 11.8 Å². The van der Waals surface area contributed by atoms with Crippen LogP contribution in [-0.2, 0) is 25.5 Å². The Kier molecular flexibility index (Phi) is 8.19. The van der Waals surface area contributed by atoms with E-state index in [0.29, 0.717) is 23.6 Å². The van der Waals surface area contributed by atoms with E-state index in [4.69, 9.17) is 14.9 Å². The number of ether oxygens (including phenoxy) is 2. The van der Waals surface area contributed by atoms with Gasteiger partial charge in [-0.15, -0.1) is 0 Å². The summed E-state index contributed by atoms with van der Waals surface area (Å²) in [4.78, 5) is 39.9. The molecule has 9 heteroatoms. The van der Waals surface area contributed by atoms with E-state index in [-0.39, 0.29) is 13.0 Å². The normalized spacial score (nSPS) is 19.2. The highest BCUT2D eigenvalue weighted by atomic mass is 32.2. The Morgan fingerprint density at radius 2 is 1.97 bits per heavy atom. The number of nitrogens with one attached hydrogen (secondary N) is 2. The number of thioether (sulfide) groups is 1. The van der Waals surface area contributed by atoms with Crippen LogP contribution in [0.2, 0.25) is 0 Å². The van der Waals surface area contributed by atoms with Crippen LogP contribution in [0.1, 0.15) is 32.8 Å². The molecule has 182 valence electrons. The van der Waals surface area contributed by atoms with E-state index in [2.05, 4.69) is 5.32 Å². The number of amides is 2. The van der Waals surface area contributed by atoms with Crippen molar-refractivity contribution in [3.05, 3.63) is 59.3 Å². The van der Waals surface area contributed by atoms with Crippen molar-refractivity contribution in [1.82, 2.24) is 10.2 Å². The number of carbonyl (C=O) groups is 3. The second kappa shape index (κ2) is 10.9. The highest BCUT2D eigenvalue weighted by Crippen LogP contribution is 2.27. The molecule has 0 radical (unpaired) electrons. The van der Waals surface area contributed by atoms with Crippen molar-refractivity contribution in [2.75, 3.05) is 18.6 Å². The molecule has 0 saturated carbocycles. The van der Waals surface area contributed by atoms with Crippen molar-refractivity contribution in [2.45, 2.75) is 51.4 Å². The van der Waals surface area contributed by atoms with Gasteiger partial charge in [0.05, 0.1) is 6.54 Å². The number of nitrogens with zero attached hydrogens (tertiary/aromatic N) is 1. The maximum atomic E-state index is 13.1. The summed E-state index contributed by atoms with van der Waals surface area (Å²) >= 11 is 1.60. The summed E-state index contributed by atoms with van der Waals surface area (Å²) < 4.78 is 10.9. The summed E-state index contributed by atoms with van der Waals surface area (Å²) in [6.45, 7) is 5.32. The molecular weight excluding hydrogens is 454 g/mol. The van der Waals surface area contributed by atoms with E-state index in [0.717, 1.165) is 11.1 Å². The van der Waals surface area contributed by atoms with Crippen molar-refractivity contribution in [2.24, 2.45) is 0 Å². The Balaban J connectivity index is 1.74. The van der Waals surface area contributed by atoms with Crippen molar-refractivity contribution in [1.29, 1.82) is 5.41 Å². The monoisotopic (exact) mass is 485 g/mol. The first-order valence-electron chi connectivity index (χ1n) is 11.1. The molecule has 1 saturated heterocycles. The van der Waals surface area contributed by atoms with Crippen LogP contribution in [0.5, 0.6) is 0 Å². The molecule has 1 aromatic carbocycles. The first-order chi connectivity index (χ1) is 16.1. The molecule has 3 rings (SSSR count). The molecular formula is C25H31N3O5S. The Labute approximate surface area is 204 Å². The fraction of sp³-hybridized carbons (Fsp3) is 0.440. The molecule has 2 N–H and O–H groups in total. The van der Waals surface area contributed by atoms with Gasteiger partial charge in [0, 0.05) is 30.0 Å². The number of benzene rings is 1. The lowest BCUT2D eigenvalue weighted by molar-refractivity contribution is -0.159. The van der Waals surface area contributed by atoms with Crippen LogP contribution in [0.15, 0.2) is 53.8 Å². The van der Waals surface area contributed by atoms with Gasteiger partial charge in [0.2, 0.25) is 0 Å². The van der Waals surface area contributed by atoms with E-state index in [9.17, 15) is 14.4 Å². The van der Waals surface area contributed by atoms with E-state index in [1.807, 2.05) is 36.6 Å². The van der Waals surface area contributed by atoms with E-state index >= 15 is 0 Å². The SMILES string of the molecule is CSCC1=C(N2CC(C(=O)N[C@H](Cc3ccccc3)C(=O)OC(C)(C)C)OC2=O)C=CC(=N)C1. The molecule has 2 aliphatic rings. The van der Waals surface area contributed by atoms with Crippen LogP contribution < -0.4 is 5.32 Å². The van der Waals surface area contributed by atoms with Gasteiger partial charge in [0.1, 0.15) is 11.6 Å². The number of esters is 1. The van der Waals surface area contributed by atoms with Gasteiger partial charge in [0.15, 0.2) is 6.10 Å². The van der Waals surface area contributed by atoms with Crippen molar-refractivity contribution in [3.63, 3.8) is 0 Å². The number of allylic oxidation sites excluding steroid dienone is 2. The van der Waals surface area contributed by atoms with Gasteiger partial charge in [-0.25, -0.2) is 9.59 Å². The molecule has 1 fully saturated rings. The fourth-order valence-corrected chi connectivity index (χ4v) is 4.33. The smallest absolute Gasteiger partial charge is 0.415 e. The molecule has 1 unspecified atom stereocenters. The predicted molar refractivity (Wildman–Crippen MR) is 132 cm³/mol. The average Bonchev–Trinajstić information content (AvgIpc) is 3.15. The number of hydrogen-bond donors (Lipinski definition) is 2. The zero-order chi connectivity index (χ0) is 24.9. The van der Waals surface area contributed by atoms with Crippen LogP contribution in [-0.4, -0.2) is 64.9 Å². The zero-order valence-electron chi connectivity index (χ0n) is 19.9. The lowest BCUT2D eigenvalue weighted by atomic mass is 10.0. The molecule has 1 aliphatic heterocycles. The van der Waals surface area contributed by atoms with Crippen LogP contribution in [0, 0.1) is 5.41 Å². The lowest BCUT2D eigenvalue weighted by Crippen LogP contribution is -2.49. The summed E-state index contributed by atoms with van der Waals surface area (Å²) in [5.41, 5.74) is 2.22. The van der Waals surface area contributed by atoms with Crippen molar-refractivity contribution >= 4 is 35.4 Å². The quantitative estimate of drug-likeness (QED) is 0.546. The average molecular weight is 486 g/mol. The summed E-state index contributed by atoms with van der Waals surface area (Å²) in [5.74, 6) is -0.438. The van der Waals surface area contributed by atoms with Gasteiger partial charge in [0.25, 0.3) is 5.91 Å². The summed E-state index contributed by atoms with van der Waals surface area (Å²) in [7, 11) is 0. The molecule has 0 aromatic heterocycles. The zero-order valence-corrected chi connectivity index (χ0v) is 20.7. The first-order valence-corrected chi connectivity index (χ1v) is 12.5. The second-order valence-electron chi connectivity index (χ2n) is 9.22. The van der Waals surface area contributed by atoms with Crippen LogP contribution in [0.4, 0.5) is 4.79 Å². The van der Waals surface area contributed by atoms with E-state index < -0.39 is 35.7 Å². The Morgan fingerprint density at radius 1 is 1.26 bits per heavy atom. The lowest BCUT2D eigenvalue weighted by Gasteiger charge is -2.25. The molecule has 1 aromatic rings. The number of rotatable bonds is 8. The third-order valence-electron chi connectivity index (χ3n) is 5.21. The van der Waals surface area contributed by atoms with Gasteiger partial charge in [-0.05, 0) is 50.3 Å². The number of hydrogen-bond acceptors (Lipinski definition) is 7.